The summed E-state index contributed by atoms with van der Waals surface area (Å²) in [4.78, 5) is 22.8. The molecule has 9 heteroatoms. The Bertz CT molecular complexity index is 646. The highest BCUT2D eigenvalue weighted by atomic mass is 28.3. The van der Waals surface area contributed by atoms with Crippen LogP contribution in [-0.4, -0.2) is 52.7 Å². The van der Waals surface area contributed by atoms with Crippen LogP contribution in [0.2, 0.25) is 25.7 Å². The maximum absolute atomic E-state index is 11.8. The van der Waals surface area contributed by atoms with Crippen LogP contribution in [0.5, 0.6) is 5.75 Å². The number of nitro groups is 1. The molecule has 0 N–H and O–H groups in total. The fraction of sp³-hybridized carbons (Fsp3) is 0.632. The van der Waals surface area contributed by atoms with Crippen molar-refractivity contribution in [3.05, 3.63) is 33.9 Å². The van der Waals surface area contributed by atoms with E-state index in [9.17, 15) is 14.9 Å². The topological polar surface area (TPSA) is 97.1 Å². The minimum absolute atomic E-state index is 0.0466. The van der Waals surface area contributed by atoms with Gasteiger partial charge in [0.25, 0.3) is 0 Å². The average molecular weight is 414 g/mol. The zero-order chi connectivity index (χ0) is 21.2. The first-order valence-electron chi connectivity index (χ1n) is 9.31. The highest BCUT2D eigenvalue weighted by Gasteiger charge is 2.23. The number of rotatable bonds is 13. The third kappa shape index (κ3) is 8.81. The number of nitrogens with zero attached hydrogens (tertiary/aromatic N) is 1. The van der Waals surface area contributed by atoms with Crippen molar-refractivity contribution in [2.75, 3.05) is 33.7 Å². The first kappa shape index (κ1) is 24.1. The van der Waals surface area contributed by atoms with Gasteiger partial charge in [0.2, 0.25) is 0 Å². The molecule has 1 atom stereocenters. The molecule has 0 spiro atoms. The number of ether oxygens (including phenoxy) is 4. The molecular formula is C19H31NO7Si. The predicted octanol–water partition coefficient (Wildman–Crippen LogP) is 3.97. The lowest BCUT2D eigenvalue weighted by atomic mass is 9.96. The lowest BCUT2D eigenvalue weighted by Crippen LogP contribution is -2.22. The Hall–Kier alpha value is -1.97. The van der Waals surface area contributed by atoms with Crippen LogP contribution in [-0.2, 0) is 19.0 Å². The van der Waals surface area contributed by atoms with E-state index in [2.05, 4.69) is 19.6 Å². The number of methoxy groups -OCH3 is 1. The molecule has 0 aliphatic heterocycles. The lowest BCUT2D eigenvalue weighted by Gasteiger charge is -2.17. The highest BCUT2D eigenvalue weighted by Crippen LogP contribution is 2.32. The van der Waals surface area contributed by atoms with Crippen LogP contribution in [0.4, 0.5) is 5.69 Å². The van der Waals surface area contributed by atoms with Crippen molar-refractivity contribution in [1.29, 1.82) is 0 Å². The Morgan fingerprint density at radius 2 is 2.00 bits per heavy atom. The second kappa shape index (κ2) is 11.8. The molecular weight excluding hydrogens is 382 g/mol. The Morgan fingerprint density at radius 3 is 2.57 bits per heavy atom. The molecule has 0 fully saturated rings. The molecule has 0 heterocycles. The molecule has 1 unspecified atom stereocenters. The van der Waals surface area contributed by atoms with Crippen molar-refractivity contribution in [2.45, 2.75) is 44.9 Å². The molecule has 1 rings (SSSR count). The van der Waals surface area contributed by atoms with Gasteiger partial charge in [-0.3, -0.25) is 14.9 Å². The molecule has 0 aliphatic rings. The van der Waals surface area contributed by atoms with E-state index in [0.29, 0.717) is 12.2 Å². The smallest absolute Gasteiger partial charge is 0.311 e. The van der Waals surface area contributed by atoms with Crippen molar-refractivity contribution < 1.29 is 28.7 Å². The molecule has 0 amide bonds. The fourth-order valence-corrected chi connectivity index (χ4v) is 3.25. The average Bonchev–Trinajstić information content (AvgIpc) is 2.60. The van der Waals surface area contributed by atoms with Crippen LogP contribution < -0.4 is 4.74 Å². The summed E-state index contributed by atoms with van der Waals surface area (Å²) in [6.45, 7) is 9.51. The molecule has 28 heavy (non-hydrogen) atoms. The van der Waals surface area contributed by atoms with Crippen LogP contribution in [0.15, 0.2) is 18.2 Å². The molecule has 0 bridgehead atoms. The van der Waals surface area contributed by atoms with E-state index in [1.807, 2.05) is 0 Å². The second-order valence-corrected chi connectivity index (χ2v) is 13.2. The summed E-state index contributed by atoms with van der Waals surface area (Å²) >= 11 is 0. The van der Waals surface area contributed by atoms with Crippen molar-refractivity contribution in [3.8, 4) is 5.75 Å². The Morgan fingerprint density at radius 1 is 1.29 bits per heavy atom. The van der Waals surface area contributed by atoms with Crippen LogP contribution >= 0.6 is 0 Å². The van der Waals surface area contributed by atoms with Crippen LogP contribution in [0, 0.1) is 10.1 Å². The van der Waals surface area contributed by atoms with Crippen molar-refractivity contribution >= 4 is 19.7 Å². The van der Waals surface area contributed by atoms with E-state index in [0.717, 1.165) is 6.04 Å². The molecule has 8 nitrogen and oxygen atoms in total. The molecule has 158 valence electrons. The SMILES string of the molecule is CCOC(=O)CC(COC)c1ccc(OCOCC[Si](C)(C)C)c([N+](=O)[O-])c1. The van der Waals surface area contributed by atoms with Gasteiger partial charge in [-0.25, -0.2) is 0 Å². The maximum atomic E-state index is 11.8. The number of hydrogen-bond acceptors (Lipinski definition) is 7. The number of carbonyl (C=O) groups excluding carboxylic acids is 1. The zero-order valence-corrected chi connectivity index (χ0v) is 18.4. The van der Waals surface area contributed by atoms with E-state index in [1.54, 1.807) is 13.0 Å². The minimum Gasteiger partial charge on any atom is -0.466 e. The summed E-state index contributed by atoms with van der Waals surface area (Å²) in [6, 6.07) is 5.64. The van der Waals surface area contributed by atoms with E-state index in [4.69, 9.17) is 18.9 Å². The number of carbonyl (C=O) groups is 1. The molecule has 0 saturated carbocycles. The van der Waals surface area contributed by atoms with Gasteiger partial charge in [-0.2, -0.15) is 0 Å². The van der Waals surface area contributed by atoms with Crippen LogP contribution in [0.3, 0.4) is 0 Å². The first-order chi connectivity index (χ1) is 13.2. The van der Waals surface area contributed by atoms with Crippen molar-refractivity contribution in [3.63, 3.8) is 0 Å². The van der Waals surface area contributed by atoms with Gasteiger partial charge in [-0.05, 0) is 24.6 Å². The Labute approximate surface area is 167 Å². The maximum Gasteiger partial charge on any atom is 0.311 e. The molecule has 1 aromatic rings. The summed E-state index contributed by atoms with van der Waals surface area (Å²) in [5, 5.41) is 11.5. The molecule has 0 aromatic heterocycles. The van der Waals surface area contributed by atoms with Gasteiger partial charge in [0, 0.05) is 33.8 Å². The molecule has 0 aliphatic carbocycles. The summed E-state index contributed by atoms with van der Waals surface area (Å²) in [5.74, 6) is -0.581. The van der Waals surface area contributed by atoms with Gasteiger partial charge in [-0.1, -0.05) is 25.7 Å². The summed E-state index contributed by atoms with van der Waals surface area (Å²) in [5.41, 5.74) is 0.449. The van der Waals surface area contributed by atoms with E-state index in [-0.39, 0.29) is 49.8 Å². The van der Waals surface area contributed by atoms with Gasteiger partial charge in [0.15, 0.2) is 12.5 Å². The minimum atomic E-state index is -1.20. The van der Waals surface area contributed by atoms with Gasteiger partial charge in [0.05, 0.1) is 24.6 Å². The monoisotopic (exact) mass is 413 g/mol. The number of benzene rings is 1. The Balaban J connectivity index is 2.83. The van der Waals surface area contributed by atoms with E-state index in [1.165, 1.54) is 19.2 Å². The highest BCUT2D eigenvalue weighted by molar-refractivity contribution is 6.76. The zero-order valence-electron chi connectivity index (χ0n) is 17.4. The van der Waals surface area contributed by atoms with E-state index < -0.39 is 13.0 Å². The van der Waals surface area contributed by atoms with Crippen molar-refractivity contribution in [1.82, 2.24) is 0 Å². The molecule has 0 radical (unpaired) electrons. The van der Waals surface area contributed by atoms with Gasteiger partial charge >= 0.3 is 11.7 Å². The van der Waals surface area contributed by atoms with Gasteiger partial charge < -0.3 is 18.9 Å². The fourth-order valence-electron chi connectivity index (χ4n) is 2.49. The first-order valence-corrected chi connectivity index (χ1v) is 13.0. The standard InChI is InChI=1S/C19H31NO7Si/c1-6-26-19(21)12-16(13-24-2)15-7-8-18(17(11-15)20(22)23)27-14-25-9-10-28(3,4)5/h7-8,11,16H,6,9-10,12-14H2,1-5H3. The van der Waals surface area contributed by atoms with Crippen LogP contribution in [0.1, 0.15) is 24.8 Å². The lowest BCUT2D eigenvalue weighted by molar-refractivity contribution is -0.386. The van der Waals surface area contributed by atoms with Gasteiger partial charge in [-0.15, -0.1) is 0 Å². The number of esters is 1. The summed E-state index contributed by atoms with van der Waals surface area (Å²) in [7, 11) is 0.314. The summed E-state index contributed by atoms with van der Waals surface area (Å²) < 4.78 is 21.0. The third-order valence-electron chi connectivity index (χ3n) is 4.03. The van der Waals surface area contributed by atoms with Gasteiger partial charge in [0.1, 0.15) is 0 Å². The second-order valence-electron chi connectivity index (χ2n) is 7.63. The normalized spacial score (nSPS) is 12.5. The van der Waals surface area contributed by atoms with E-state index >= 15 is 0 Å². The number of hydrogen-bond donors (Lipinski definition) is 0. The third-order valence-corrected chi connectivity index (χ3v) is 5.74. The molecule has 0 saturated heterocycles. The number of nitro benzene ring substituents is 1. The predicted molar refractivity (Wildman–Crippen MR) is 109 cm³/mol. The largest absolute Gasteiger partial charge is 0.466 e. The van der Waals surface area contributed by atoms with Crippen molar-refractivity contribution in [2.24, 2.45) is 0 Å². The van der Waals surface area contributed by atoms with Crippen LogP contribution in [0.25, 0.3) is 0 Å². The quantitative estimate of drug-likeness (QED) is 0.120. The molecule has 1 aromatic carbocycles. The Kier molecular flexibility index (Phi) is 10.1. The summed E-state index contributed by atoms with van der Waals surface area (Å²) in [6.07, 6.45) is 0.0822.